The van der Waals surface area contributed by atoms with E-state index >= 15 is 0 Å². The Morgan fingerprint density at radius 2 is 2.33 bits per heavy atom. The monoisotopic (exact) mass is 192 g/mol. The van der Waals surface area contributed by atoms with Crippen LogP contribution in [0.25, 0.3) is 0 Å². The van der Waals surface area contributed by atoms with Gasteiger partial charge in [-0.2, -0.15) is 0 Å². The Labute approximate surface area is 74.3 Å². The lowest BCUT2D eigenvalue weighted by Gasteiger charge is -2.02. The molecule has 1 rings (SSSR count). The van der Waals surface area contributed by atoms with Gasteiger partial charge < -0.3 is 19.7 Å². The van der Waals surface area contributed by atoms with E-state index in [1.807, 2.05) is 0 Å². The number of hydrogen-bond acceptors (Lipinski definition) is 4. The van der Waals surface area contributed by atoms with Gasteiger partial charge in [0.15, 0.2) is 0 Å². The average Bonchev–Trinajstić information content (AvgIpc) is 2.79. The van der Waals surface area contributed by atoms with Crippen LogP contribution in [0.1, 0.15) is 6.42 Å². The molecule has 1 atom stereocenters. The molecule has 5 heteroatoms. The Morgan fingerprint density at radius 3 is 2.92 bits per heavy atom. The van der Waals surface area contributed by atoms with Crippen LogP contribution < -0.4 is 0 Å². The second-order valence-electron chi connectivity index (χ2n) is 3.01. The molecule has 1 saturated heterocycles. The minimum atomic E-state index is -1.03. The largest absolute Gasteiger partial charge is 0.379 e. The lowest BCUT2D eigenvalue weighted by molar-refractivity contribution is 0.0286. The smallest absolute Gasteiger partial charge is 0.128 e. The molecule has 0 aromatic carbocycles. The van der Waals surface area contributed by atoms with Crippen molar-refractivity contribution in [3.63, 3.8) is 0 Å². The van der Waals surface area contributed by atoms with Crippen molar-refractivity contribution < 1.29 is 19.7 Å². The van der Waals surface area contributed by atoms with E-state index in [1.165, 1.54) is 0 Å². The van der Waals surface area contributed by atoms with Gasteiger partial charge in [-0.05, 0) is 6.42 Å². The molecule has 0 aromatic heterocycles. The van der Waals surface area contributed by atoms with Crippen molar-refractivity contribution in [2.75, 3.05) is 19.8 Å². The van der Waals surface area contributed by atoms with E-state index in [-0.39, 0.29) is 0 Å². The van der Waals surface area contributed by atoms with Crippen LogP contribution >= 0.6 is 0 Å². The van der Waals surface area contributed by atoms with Gasteiger partial charge in [-0.1, -0.05) is 6.04 Å². The topological polar surface area (TPSA) is 62.2 Å². The minimum Gasteiger partial charge on any atom is -0.379 e. The van der Waals surface area contributed by atoms with E-state index in [9.17, 15) is 0 Å². The molecule has 0 spiro atoms. The Hall–Kier alpha value is 0.0569. The van der Waals surface area contributed by atoms with Crippen molar-refractivity contribution in [3.8, 4) is 0 Å². The highest BCUT2D eigenvalue weighted by atomic mass is 28.2. The second-order valence-corrected chi connectivity index (χ2v) is 5.02. The van der Waals surface area contributed by atoms with Crippen molar-refractivity contribution in [1.82, 2.24) is 0 Å². The summed E-state index contributed by atoms with van der Waals surface area (Å²) in [5.74, 6) is -1.03. The molecule has 0 amide bonds. The van der Waals surface area contributed by atoms with Crippen molar-refractivity contribution in [3.05, 3.63) is 0 Å². The molecule has 1 heterocycles. The number of rotatable bonds is 7. The van der Waals surface area contributed by atoms with E-state index in [0.717, 1.165) is 25.7 Å². The molecule has 0 bridgehead atoms. The lowest BCUT2D eigenvalue weighted by atomic mass is 10.5. The number of hydrogen-bond donors (Lipinski definition) is 2. The van der Waals surface area contributed by atoms with Crippen LogP contribution in [-0.4, -0.2) is 51.6 Å². The summed E-state index contributed by atoms with van der Waals surface area (Å²) in [6.45, 7) is 2.26. The van der Waals surface area contributed by atoms with E-state index in [2.05, 4.69) is 0 Å². The molecular formula is C7H16O4Si. The van der Waals surface area contributed by atoms with Crippen molar-refractivity contribution in [2.45, 2.75) is 24.5 Å². The predicted octanol–water partition coefficient (Wildman–Crippen LogP) is -1.35. The number of aliphatic hydroxyl groups excluding tert-OH is 1. The first-order valence-corrected chi connectivity index (χ1v) is 6.16. The molecule has 4 nitrogen and oxygen atoms in total. The molecule has 0 saturated carbocycles. The summed E-state index contributed by atoms with van der Waals surface area (Å²) in [4.78, 5) is 0. The first-order valence-electron chi connectivity index (χ1n) is 4.34. The van der Waals surface area contributed by atoms with Crippen LogP contribution in [0, 0.1) is 0 Å². The third-order valence-corrected chi connectivity index (χ3v) is 3.13. The third kappa shape index (κ3) is 5.67. The molecule has 1 unspecified atom stereocenters. The fourth-order valence-electron chi connectivity index (χ4n) is 0.910. The molecule has 12 heavy (non-hydrogen) atoms. The van der Waals surface area contributed by atoms with Crippen molar-refractivity contribution in [2.24, 2.45) is 0 Å². The zero-order valence-corrected chi connectivity index (χ0v) is 8.52. The van der Waals surface area contributed by atoms with Gasteiger partial charge in [-0.25, -0.2) is 0 Å². The van der Waals surface area contributed by atoms with Crippen LogP contribution in [0.15, 0.2) is 0 Å². The van der Waals surface area contributed by atoms with Gasteiger partial charge in [0, 0.05) is 6.61 Å². The van der Waals surface area contributed by atoms with Gasteiger partial charge in [0.25, 0.3) is 0 Å². The quantitative estimate of drug-likeness (QED) is 0.226. The summed E-state index contributed by atoms with van der Waals surface area (Å²) >= 11 is 0. The van der Waals surface area contributed by atoms with Crippen molar-refractivity contribution >= 4 is 9.52 Å². The highest BCUT2D eigenvalue weighted by molar-refractivity contribution is 6.36. The molecular weight excluding hydrogens is 176 g/mol. The SMILES string of the molecule is OC(O)[SiH2]CCCOCC1CO1. The molecule has 0 radical (unpaired) electrons. The third-order valence-electron chi connectivity index (χ3n) is 1.71. The first kappa shape index (κ1) is 10.1. The summed E-state index contributed by atoms with van der Waals surface area (Å²) in [7, 11) is -0.686. The van der Waals surface area contributed by atoms with E-state index in [1.54, 1.807) is 0 Å². The number of aliphatic hydroxyl groups is 2. The summed E-state index contributed by atoms with van der Waals surface area (Å²) in [5, 5.41) is 17.1. The zero-order chi connectivity index (χ0) is 8.81. The molecule has 72 valence electrons. The van der Waals surface area contributed by atoms with Gasteiger partial charge in [-0.3, -0.25) is 0 Å². The van der Waals surface area contributed by atoms with Crippen LogP contribution in [0.2, 0.25) is 6.04 Å². The Bertz CT molecular complexity index is 110. The summed E-state index contributed by atoms with van der Waals surface area (Å²) in [6, 6.07) is 0.934. The second kappa shape index (κ2) is 5.66. The zero-order valence-electron chi connectivity index (χ0n) is 7.11. The molecule has 2 N–H and O–H groups in total. The van der Waals surface area contributed by atoms with Gasteiger partial charge in [0.1, 0.15) is 12.0 Å². The molecule has 0 aliphatic carbocycles. The van der Waals surface area contributed by atoms with Gasteiger partial charge in [-0.15, -0.1) is 0 Å². The first-order chi connectivity index (χ1) is 5.79. The normalized spacial score (nSPS) is 22.8. The molecule has 1 fully saturated rings. The maximum Gasteiger partial charge on any atom is 0.128 e. The predicted molar refractivity (Wildman–Crippen MR) is 46.8 cm³/mol. The summed E-state index contributed by atoms with van der Waals surface area (Å²) < 4.78 is 10.2. The molecule has 1 aliphatic heterocycles. The Balaban J connectivity index is 1.70. The molecule has 0 aromatic rings. The molecule has 1 aliphatic rings. The minimum absolute atomic E-state index is 0.339. The summed E-state index contributed by atoms with van der Waals surface area (Å²) in [6.07, 6.45) is 1.28. The standard InChI is InChI=1S/C7H16O4Si/c8-7(9)12-3-1-2-10-4-6-5-11-6/h6-9H,1-5,12H2. The average molecular weight is 192 g/mol. The Morgan fingerprint density at radius 1 is 1.58 bits per heavy atom. The fourth-order valence-corrected chi connectivity index (χ4v) is 1.77. The maximum atomic E-state index is 8.56. The number of epoxide rings is 1. The van der Waals surface area contributed by atoms with E-state index in [0.29, 0.717) is 12.7 Å². The van der Waals surface area contributed by atoms with Gasteiger partial charge in [0.05, 0.1) is 22.7 Å². The van der Waals surface area contributed by atoms with Gasteiger partial charge >= 0.3 is 0 Å². The van der Waals surface area contributed by atoms with Crippen LogP contribution in [0.5, 0.6) is 0 Å². The number of ether oxygens (including phenoxy) is 2. The van der Waals surface area contributed by atoms with Crippen LogP contribution in [-0.2, 0) is 9.47 Å². The highest BCUT2D eigenvalue weighted by Crippen LogP contribution is 2.08. The van der Waals surface area contributed by atoms with E-state index in [4.69, 9.17) is 19.7 Å². The van der Waals surface area contributed by atoms with Crippen molar-refractivity contribution in [1.29, 1.82) is 0 Å². The van der Waals surface area contributed by atoms with Crippen LogP contribution in [0.3, 0.4) is 0 Å². The summed E-state index contributed by atoms with van der Waals surface area (Å²) in [5.41, 5.74) is 0. The highest BCUT2D eigenvalue weighted by Gasteiger charge is 2.21. The lowest BCUT2D eigenvalue weighted by Crippen LogP contribution is -2.15. The van der Waals surface area contributed by atoms with Gasteiger partial charge in [0.2, 0.25) is 0 Å². The van der Waals surface area contributed by atoms with Crippen LogP contribution in [0.4, 0.5) is 0 Å². The maximum absolute atomic E-state index is 8.56. The fraction of sp³-hybridized carbons (Fsp3) is 1.00. The van der Waals surface area contributed by atoms with E-state index < -0.39 is 15.4 Å². The Kier molecular flexibility index (Phi) is 4.78.